The van der Waals surface area contributed by atoms with Gasteiger partial charge < -0.3 is 4.90 Å². The molecule has 1 heterocycles. The maximum Gasteiger partial charge on any atom is 0.000750 e. The van der Waals surface area contributed by atoms with E-state index in [1.807, 2.05) is 0 Å². The Balaban J connectivity index is 1.54. The zero-order chi connectivity index (χ0) is 9.80. The van der Waals surface area contributed by atoms with Gasteiger partial charge in [-0.05, 0) is 44.2 Å². The van der Waals surface area contributed by atoms with Gasteiger partial charge in [0.25, 0.3) is 0 Å². The smallest absolute Gasteiger partial charge is 0.000750 e. The zero-order valence-electron chi connectivity index (χ0n) is 9.67. The Kier molecular flexibility index (Phi) is 3.86. The molecule has 0 amide bonds. The average Bonchev–Trinajstić information content (AvgIpc) is 2.77. The van der Waals surface area contributed by atoms with E-state index in [4.69, 9.17) is 0 Å². The Morgan fingerprint density at radius 2 is 1.93 bits per heavy atom. The molecule has 2 rings (SSSR count). The Morgan fingerprint density at radius 3 is 2.57 bits per heavy atom. The lowest BCUT2D eigenvalue weighted by atomic mass is 10.0. The van der Waals surface area contributed by atoms with Crippen molar-refractivity contribution < 1.29 is 0 Å². The maximum absolute atomic E-state index is 2.67. The molecule has 0 N–H and O–H groups in total. The van der Waals surface area contributed by atoms with Gasteiger partial charge in [0.2, 0.25) is 0 Å². The summed E-state index contributed by atoms with van der Waals surface area (Å²) in [6, 6.07) is 0. The highest BCUT2D eigenvalue weighted by Crippen LogP contribution is 2.28. The molecule has 0 aromatic rings. The van der Waals surface area contributed by atoms with E-state index in [0.29, 0.717) is 0 Å². The Morgan fingerprint density at radius 1 is 1.14 bits per heavy atom. The zero-order valence-corrected chi connectivity index (χ0v) is 9.67. The van der Waals surface area contributed by atoms with Crippen molar-refractivity contribution in [1.82, 2.24) is 4.90 Å². The molecule has 1 heteroatoms. The fourth-order valence-corrected chi connectivity index (χ4v) is 3.13. The summed E-state index contributed by atoms with van der Waals surface area (Å²) in [7, 11) is 0. The number of nitrogens with zero attached hydrogens (tertiary/aromatic N) is 1. The second kappa shape index (κ2) is 5.16. The van der Waals surface area contributed by atoms with E-state index in [-0.39, 0.29) is 0 Å². The van der Waals surface area contributed by atoms with Crippen LogP contribution in [0.1, 0.15) is 51.9 Å². The van der Waals surface area contributed by atoms with Gasteiger partial charge in [-0.2, -0.15) is 0 Å². The van der Waals surface area contributed by atoms with Gasteiger partial charge >= 0.3 is 0 Å². The van der Waals surface area contributed by atoms with Crippen LogP contribution >= 0.6 is 0 Å². The molecule has 1 aliphatic carbocycles. The highest BCUT2D eigenvalue weighted by molar-refractivity contribution is 4.73. The molecule has 14 heavy (non-hydrogen) atoms. The number of likely N-dealkylation sites (tertiary alicyclic amines) is 1. The molecule has 0 aromatic carbocycles. The molecular weight excluding hydrogens is 170 g/mol. The predicted molar refractivity (Wildman–Crippen MR) is 61.4 cm³/mol. The highest BCUT2D eigenvalue weighted by Gasteiger charge is 2.19. The third-order valence-electron chi connectivity index (χ3n) is 4.07. The largest absolute Gasteiger partial charge is 0.303 e. The van der Waals surface area contributed by atoms with Crippen LogP contribution in [0, 0.1) is 11.8 Å². The maximum atomic E-state index is 2.67. The summed E-state index contributed by atoms with van der Waals surface area (Å²) >= 11 is 0. The summed E-state index contributed by atoms with van der Waals surface area (Å²) in [5, 5.41) is 0. The third kappa shape index (κ3) is 2.98. The summed E-state index contributed by atoms with van der Waals surface area (Å²) in [6.45, 7) is 6.49. The van der Waals surface area contributed by atoms with Crippen LogP contribution in [0.25, 0.3) is 0 Å². The van der Waals surface area contributed by atoms with E-state index in [1.165, 1.54) is 64.6 Å². The molecule has 2 fully saturated rings. The second-order valence-electron chi connectivity index (χ2n) is 5.49. The average molecular weight is 195 g/mol. The van der Waals surface area contributed by atoms with Gasteiger partial charge in [-0.1, -0.05) is 32.6 Å². The van der Waals surface area contributed by atoms with Crippen LogP contribution in [-0.2, 0) is 0 Å². The molecule has 1 nitrogen and oxygen atoms in total. The molecule has 82 valence electrons. The molecule has 1 saturated carbocycles. The van der Waals surface area contributed by atoms with E-state index < -0.39 is 0 Å². The summed E-state index contributed by atoms with van der Waals surface area (Å²) in [5.41, 5.74) is 0. The third-order valence-corrected chi connectivity index (χ3v) is 4.07. The number of hydrogen-bond acceptors (Lipinski definition) is 1. The van der Waals surface area contributed by atoms with E-state index in [1.54, 1.807) is 0 Å². The molecule has 0 aromatic heterocycles. The quantitative estimate of drug-likeness (QED) is 0.665. The lowest BCUT2D eigenvalue weighted by Crippen LogP contribution is -2.21. The van der Waals surface area contributed by atoms with Crippen molar-refractivity contribution in [2.45, 2.75) is 51.9 Å². The molecule has 2 aliphatic rings. The molecule has 0 spiro atoms. The molecule has 1 unspecified atom stereocenters. The first kappa shape index (κ1) is 10.5. The highest BCUT2D eigenvalue weighted by atomic mass is 15.1. The van der Waals surface area contributed by atoms with Crippen molar-refractivity contribution in [3.63, 3.8) is 0 Å². The first-order chi connectivity index (χ1) is 6.84. The molecule has 1 aliphatic heterocycles. The van der Waals surface area contributed by atoms with Crippen LogP contribution in [0.5, 0.6) is 0 Å². The first-order valence-corrected chi connectivity index (χ1v) is 6.57. The van der Waals surface area contributed by atoms with E-state index >= 15 is 0 Å². The van der Waals surface area contributed by atoms with Gasteiger partial charge in [0.05, 0.1) is 0 Å². The molecule has 0 bridgehead atoms. The summed E-state index contributed by atoms with van der Waals surface area (Å²) in [4.78, 5) is 2.67. The fraction of sp³-hybridized carbons (Fsp3) is 1.00. The first-order valence-electron chi connectivity index (χ1n) is 6.57. The van der Waals surface area contributed by atoms with Crippen molar-refractivity contribution >= 4 is 0 Å². The summed E-state index contributed by atoms with van der Waals surface area (Å²) in [6.07, 6.45) is 10.5. The minimum absolute atomic E-state index is 0.960. The Bertz CT molecular complexity index is 161. The van der Waals surface area contributed by atoms with Crippen LogP contribution in [0.2, 0.25) is 0 Å². The molecule has 1 atom stereocenters. The van der Waals surface area contributed by atoms with Crippen LogP contribution < -0.4 is 0 Å². The topological polar surface area (TPSA) is 3.24 Å². The van der Waals surface area contributed by atoms with Gasteiger partial charge in [-0.3, -0.25) is 0 Å². The van der Waals surface area contributed by atoms with Crippen LogP contribution in [-0.4, -0.2) is 24.5 Å². The Hall–Kier alpha value is -0.0400. The van der Waals surface area contributed by atoms with Gasteiger partial charge in [0.1, 0.15) is 0 Å². The molecule has 0 radical (unpaired) electrons. The number of hydrogen-bond donors (Lipinski definition) is 0. The van der Waals surface area contributed by atoms with Crippen molar-refractivity contribution in [2.75, 3.05) is 19.6 Å². The van der Waals surface area contributed by atoms with Crippen LogP contribution in [0.4, 0.5) is 0 Å². The van der Waals surface area contributed by atoms with Gasteiger partial charge in [-0.25, -0.2) is 0 Å². The van der Waals surface area contributed by atoms with Crippen molar-refractivity contribution in [3.05, 3.63) is 0 Å². The summed E-state index contributed by atoms with van der Waals surface area (Å²) in [5.74, 6) is 2.05. The lowest BCUT2D eigenvalue weighted by Gasteiger charge is -2.16. The SMILES string of the molecule is CC1CCN(CCCC2CCCC2)C1. The minimum atomic E-state index is 0.960. The van der Waals surface area contributed by atoms with Gasteiger partial charge in [-0.15, -0.1) is 0 Å². The van der Waals surface area contributed by atoms with Crippen molar-refractivity contribution in [2.24, 2.45) is 11.8 Å². The van der Waals surface area contributed by atoms with E-state index in [0.717, 1.165) is 11.8 Å². The fourth-order valence-electron chi connectivity index (χ4n) is 3.13. The van der Waals surface area contributed by atoms with E-state index in [2.05, 4.69) is 11.8 Å². The monoisotopic (exact) mass is 195 g/mol. The van der Waals surface area contributed by atoms with Crippen LogP contribution in [0.15, 0.2) is 0 Å². The normalized spacial score (nSPS) is 30.2. The standard InChI is InChI=1S/C13H25N/c1-12-8-10-14(11-12)9-4-7-13-5-2-3-6-13/h12-13H,2-11H2,1H3. The lowest BCUT2D eigenvalue weighted by molar-refractivity contribution is 0.307. The minimum Gasteiger partial charge on any atom is -0.303 e. The second-order valence-corrected chi connectivity index (χ2v) is 5.49. The van der Waals surface area contributed by atoms with Crippen molar-refractivity contribution in [1.29, 1.82) is 0 Å². The van der Waals surface area contributed by atoms with Gasteiger partial charge in [0, 0.05) is 6.54 Å². The molecule has 1 saturated heterocycles. The van der Waals surface area contributed by atoms with E-state index in [9.17, 15) is 0 Å². The predicted octanol–water partition coefficient (Wildman–Crippen LogP) is 3.30. The van der Waals surface area contributed by atoms with Gasteiger partial charge in [0.15, 0.2) is 0 Å². The van der Waals surface area contributed by atoms with Crippen LogP contribution in [0.3, 0.4) is 0 Å². The summed E-state index contributed by atoms with van der Waals surface area (Å²) < 4.78 is 0. The Labute approximate surface area is 88.9 Å². The van der Waals surface area contributed by atoms with Crippen molar-refractivity contribution in [3.8, 4) is 0 Å². The molecular formula is C13H25N. The number of rotatable bonds is 4.